The average Bonchev–Trinajstić information content (AvgIpc) is 3.20. The number of aromatic amines is 1. The molecule has 0 amide bonds. The van der Waals surface area contributed by atoms with Gasteiger partial charge in [0, 0.05) is 42.5 Å². The van der Waals surface area contributed by atoms with Crippen LogP contribution >= 0.6 is 35.7 Å². The van der Waals surface area contributed by atoms with E-state index in [9.17, 15) is 4.39 Å². The van der Waals surface area contributed by atoms with Gasteiger partial charge in [-0.2, -0.15) is 11.8 Å². The molecular formula is C17H24FIN4S. The summed E-state index contributed by atoms with van der Waals surface area (Å²) in [5.74, 6) is 1.92. The normalized spacial score (nSPS) is 17.8. The molecule has 1 saturated heterocycles. The lowest BCUT2D eigenvalue weighted by molar-refractivity contribution is 0.629. The molecule has 1 unspecified atom stereocenters. The Kier molecular flexibility index (Phi) is 7.67. The number of nitrogens with one attached hydrogen (secondary N) is 3. The minimum Gasteiger partial charge on any atom is -0.361 e. The lowest BCUT2D eigenvalue weighted by atomic mass is 10.1. The van der Waals surface area contributed by atoms with Crippen LogP contribution in [0.15, 0.2) is 29.4 Å². The molecule has 2 heterocycles. The van der Waals surface area contributed by atoms with E-state index >= 15 is 0 Å². The third kappa shape index (κ3) is 5.02. The maximum atomic E-state index is 13.2. The Morgan fingerprint density at radius 3 is 3.04 bits per heavy atom. The number of hydrogen-bond acceptors (Lipinski definition) is 2. The number of nitrogens with zero attached hydrogens (tertiary/aromatic N) is 1. The second-order valence-electron chi connectivity index (χ2n) is 5.77. The summed E-state index contributed by atoms with van der Waals surface area (Å²) in [7, 11) is 1.80. The molecule has 0 spiro atoms. The fraction of sp³-hybridized carbons (Fsp3) is 0.471. The number of halogens is 2. The highest BCUT2D eigenvalue weighted by molar-refractivity contribution is 14.0. The Morgan fingerprint density at radius 1 is 1.42 bits per heavy atom. The summed E-state index contributed by atoms with van der Waals surface area (Å²) in [6.45, 7) is 1.76. The van der Waals surface area contributed by atoms with Gasteiger partial charge in [0.15, 0.2) is 5.96 Å². The minimum atomic E-state index is -0.210. The Balaban J connectivity index is 0.00000208. The number of hydrogen-bond donors (Lipinski definition) is 3. The van der Waals surface area contributed by atoms with Crippen molar-refractivity contribution in [1.82, 2.24) is 15.6 Å². The highest BCUT2D eigenvalue weighted by Crippen LogP contribution is 2.25. The van der Waals surface area contributed by atoms with Crippen LogP contribution in [-0.2, 0) is 6.42 Å². The molecule has 24 heavy (non-hydrogen) atoms. The molecule has 3 rings (SSSR count). The first kappa shape index (κ1) is 19.4. The average molecular weight is 462 g/mol. The fourth-order valence-electron chi connectivity index (χ4n) is 2.92. The van der Waals surface area contributed by atoms with Gasteiger partial charge in [-0.25, -0.2) is 4.39 Å². The van der Waals surface area contributed by atoms with Crippen LogP contribution in [0.4, 0.5) is 4.39 Å². The van der Waals surface area contributed by atoms with Gasteiger partial charge in [0.25, 0.3) is 0 Å². The van der Waals surface area contributed by atoms with Gasteiger partial charge in [-0.3, -0.25) is 4.99 Å². The van der Waals surface area contributed by atoms with Crippen molar-refractivity contribution in [2.75, 3.05) is 25.9 Å². The molecule has 0 saturated carbocycles. The highest BCUT2D eigenvalue weighted by Gasteiger charge is 2.15. The number of aliphatic imine (C=N–C) groups is 1. The maximum Gasteiger partial charge on any atom is 0.191 e. The van der Waals surface area contributed by atoms with E-state index in [-0.39, 0.29) is 29.8 Å². The lowest BCUT2D eigenvalue weighted by Crippen LogP contribution is -2.40. The maximum absolute atomic E-state index is 13.2. The van der Waals surface area contributed by atoms with E-state index in [1.807, 2.05) is 24.0 Å². The first-order chi connectivity index (χ1) is 11.3. The Morgan fingerprint density at radius 2 is 2.29 bits per heavy atom. The molecule has 0 radical (unpaired) electrons. The van der Waals surface area contributed by atoms with Gasteiger partial charge in [-0.1, -0.05) is 0 Å². The summed E-state index contributed by atoms with van der Waals surface area (Å²) in [4.78, 5) is 7.40. The zero-order chi connectivity index (χ0) is 16.1. The van der Waals surface area contributed by atoms with E-state index in [1.165, 1.54) is 36.3 Å². The molecule has 2 aromatic rings. The zero-order valence-corrected chi connectivity index (χ0v) is 16.9. The SMILES string of the molecule is CN=C(NCCc1c[nH]c2cc(F)ccc12)NCC1CCCS1.I. The molecule has 1 aliphatic heterocycles. The molecular weight excluding hydrogens is 438 g/mol. The number of rotatable bonds is 5. The molecule has 0 aliphatic carbocycles. The zero-order valence-electron chi connectivity index (χ0n) is 13.8. The van der Waals surface area contributed by atoms with E-state index in [4.69, 9.17) is 0 Å². The van der Waals surface area contributed by atoms with Gasteiger partial charge < -0.3 is 15.6 Å². The van der Waals surface area contributed by atoms with E-state index in [2.05, 4.69) is 20.6 Å². The summed E-state index contributed by atoms with van der Waals surface area (Å²) >= 11 is 2.04. The Hall–Kier alpha value is -0.960. The van der Waals surface area contributed by atoms with Crippen LogP contribution in [0, 0.1) is 5.82 Å². The van der Waals surface area contributed by atoms with Gasteiger partial charge >= 0.3 is 0 Å². The van der Waals surface area contributed by atoms with E-state index < -0.39 is 0 Å². The van der Waals surface area contributed by atoms with Crippen LogP contribution < -0.4 is 10.6 Å². The van der Waals surface area contributed by atoms with E-state index in [0.717, 1.165) is 36.4 Å². The second kappa shape index (κ2) is 9.50. The van der Waals surface area contributed by atoms with Crippen molar-refractivity contribution < 1.29 is 4.39 Å². The molecule has 3 N–H and O–H groups in total. The number of H-pyrrole nitrogens is 1. The standard InChI is InChI=1S/C17H23FN4S.HI/c1-19-17(22-11-14-3-2-8-23-14)20-7-6-12-10-21-16-9-13(18)4-5-15(12)16;/h4-5,9-10,14,21H,2-3,6-8,11H2,1H3,(H2,19,20,22);1H. The van der Waals surface area contributed by atoms with Crippen molar-refractivity contribution >= 4 is 52.6 Å². The summed E-state index contributed by atoms with van der Waals surface area (Å²) in [6.07, 6.45) is 5.44. The first-order valence-electron chi connectivity index (χ1n) is 8.08. The third-order valence-corrected chi connectivity index (χ3v) is 5.56. The lowest BCUT2D eigenvalue weighted by Gasteiger charge is -2.14. The number of benzene rings is 1. The summed E-state index contributed by atoms with van der Waals surface area (Å²) in [6, 6.07) is 4.87. The van der Waals surface area contributed by atoms with Crippen molar-refractivity contribution in [3.63, 3.8) is 0 Å². The minimum absolute atomic E-state index is 0. The van der Waals surface area contributed by atoms with Gasteiger partial charge in [0.2, 0.25) is 0 Å². The predicted octanol–water partition coefficient (Wildman–Crippen LogP) is 3.53. The summed E-state index contributed by atoms with van der Waals surface area (Å²) < 4.78 is 13.2. The molecule has 1 aromatic heterocycles. The molecule has 4 nitrogen and oxygen atoms in total. The van der Waals surface area contributed by atoms with Crippen molar-refractivity contribution in [3.05, 3.63) is 35.8 Å². The number of thioether (sulfide) groups is 1. The second-order valence-corrected chi connectivity index (χ2v) is 7.18. The Labute approximate surface area is 163 Å². The number of aromatic nitrogens is 1. The molecule has 0 bridgehead atoms. The number of guanidine groups is 1. The summed E-state index contributed by atoms with van der Waals surface area (Å²) in [5, 5.41) is 8.53. The molecule has 1 atom stereocenters. The van der Waals surface area contributed by atoms with Crippen LogP contribution in [-0.4, -0.2) is 42.1 Å². The van der Waals surface area contributed by atoms with Crippen molar-refractivity contribution in [2.45, 2.75) is 24.5 Å². The quantitative estimate of drug-likeness (QED) is 0.362. The molecule has 132 valence electrons. The van der Waals surface area contributed by atoms with Crippen LogP contribution in [0.25, 0.3) is 10.9 Å². The first-order valence-corrected chi connectivity index (χ1v) is 9.13. The van der Waals surface area contributed by atoms with Gasteiger partial charge in [-0.15, -0.1) is 24.0 Å². The van der Waals surface area contributed by atoms with Crippen LogP contribution in [0.1, 0.15) is 18.4 Å². The molecule has 7 heteroatoms. The number of fused-ring (bicyclic) bond motifs is 1. The molecule has 1 aliphatic rings. The highest BCUT2D eigenvalue weighted by atomic mass is 127. The van der Waals surface area contributed by atoms with Crippen LogP contribution in [0.2, 0.25) is 0 Å². The van der Waals surface area contributed by atoms with Gasteiger partial charge in [-0.05, 0) is 48.8 Å². The molecule has 1 aromatic carbocycles. The van der Waals surface area contributed by atoms with Crippen LogP contribution in [0.3, 0.4) is 0 Å². The van der Waals surface area contributed by atoms with E-state index in [0.29, 0.717) is 5.25 Å². The fourth-order valence-corrected chi connectivity index (χ4v) is 4.12. The summed E-state index contributed by atoms with van der Waals surface area (Å²) in [5.41, 5.74) is 2.04. The van der Waals surface area contributed by atoms with Crippen molar-refractivity contribution in [1.29, 1.82) is 0 Å². The third-order valence-electron chi connectivity index (χ3n) is 4.16. The van der Waals surface area contributed by atoms with Crippen molar-refractivity contribution in [3.8, 4) is 0 Å². The smallest absolute Gasteiger partial charge is 0.191 e. The predicted molar refractivity (Wildman–Crippen MR) is 112 cm³/mol. The largest absolute Gasteiger partial charge is 0.361 e. The van der Waals surface area contributed by atoms with Crippen molar-refractivity contribution in [2.24, 2.45) is 4.99 Å². The topological polar surface area (TPSA) is 52.2 Å². The van der Waals surface area contributed by atoms with E-state index in [1.54, 1.807) is 7.05 Å². The Bertz CT molecular complexity index is 682. The van der Waals surface area contributed by atoms with Gasteiger partial charge in [0.1, 0.15) is 5.82 Å². The molecule has 1 fully saturated rings. The monoisotopic (exact) mass is 462 g/mol. The van der Waals surface area contributed by atoms with Crippen LogP contribution in [0.5, 0.6) is 0 Å². The van der Waals surface area contributed by atoms with Gasteiger partial charge in [0.05, 0.1) is 0 Å².